The molecule has 3 fully saturated rings. The highest BCUT2D eigenvalue weighted by Gasteiger charge is 2.60. The predicted octanol–water partition coefficient (Wildman–Crippen LogP) is 4.30. The van der Waals surface area contributed by atoms with Gasteiger partial charge in [-0.05, 0) is 67.2 Å². The van der Waals surface area contributed by atoms with Gasteiger partial charge in [0, 0.05) is 31.3 Å². The summed E-state index contributed by atoms with van der Waals surface area (Å²) in [6.45, 7) is 5.78. The summed E-state index contributed by atoms with van der Waals surface area (Å²) >= 11 is 0. The Hall–Kier alpha value is -1.67. The number of hydrogen-bond acceptors (Lipinski definition) is 3. The Morgan fingerprint density at radius 1 is 1.22 bits per heavy atom. The fourth-order valence-corrected chi connectivity index (χ4v) is 6.62. The van der Waals surface area contributed by atoms with Gasteiger partial charge in [0.05, 0.1) is 17.6 Å². The van der Waals surface area contributed by atoms with Crippen molar-refractivity contribution in [2.45, 2.75) is 76.8 Å². The molecule has 1 aromatic carbocycles. The molecular formula is C24H30F4N2O2. The van der Waals surface area contributed by atoms with Gasteiger partial charge < -0.3 is 15.0 Å². The molecule has 6 atom stereocenters. The number of nitrogens with zero attached hydrogens (tertiary/aromatic N) is 1. The minimum absolute atomic E-state index is 0.0304. The molecule has 0 radical (unpaired) electrons. The third kappa shape index (κ3) is 3.45. The van der Waals surface area contributed by atoms with Crippen molar-refractivity contribution in [2.75, 3.05) is 13.2 Å². The Morgan fingerprint density at radius 2 is 2.00 bits per heavy atom. The number of amides is 1. The molecule has 1 saturated carbocycles. The highest BCUT2D eigenvalue weighted by Crippen LogP contribution is 2.55. The predicted molar refractivity (Wildman–Crippen MR) is 110 cm³/mol. The molecule has 1 spiro atoms. The lowest BCUT2D eigenvalue weighted by molar-refractivity contribution is -0.138. The van der Waals surface area contributed by atoms with Crippen molar-refractivity contribution in [1.82, 2.24) is 10.2 Å². The van der Waals surface area contributed by atoms with E-state index in [1.807, 2.05) is 0 Å². The quantitative estimate of drug-likeness (QED) is 0.678. The van der Waals surface area contributed by atoms with E-state index in [0.717, 1.165) is 45.0 Å². The van der Waals surface area contributed by atoms with Crippen molar-refractivity contribution in [3.63, 3.8) is 0 Å². The maximum absolute atomic E-state index is 14.6. The average molecular weight is 455 g/mol. The summed E-state index contributed by atoms with van der Waals surface area (Å²) in [6.07, 6.45) is -0.969. The van der Waals surface area contributed by atoms with Crippen LogP contribution in [0.3, 0.4) is 0 Å². The van der Waals surface area contributed by atoms with Gasteiger partial charge in [-0.2, -0.15) is 13.2 Å². The van der Waals surface area contributed by atoms with Crippen molar-refractivity contribution in [1.29, 1.82) is 0 Å². The number of carbonyl (C=O) groups is 1. The zero-order chi connectivity index (χ0) is 22.8. The molecule has 3 aliphatic heterocycles. The number of benzene rings is 1. The fourth-order valence-electron chi connectivity index (χ4n) is 6.62. The van der Waals surface area contributed by atoms with Gasteiger partial charge in [0.25, 0.3) is 0 Å². The second-order valence-electron chi connectivity index (χ2n) is 10.3. The molecule has 4 nitrogen and oxygen atoms in total. The van der Waals surface area contributed by atoms with Gasteiger partial charge in [-0.3, -0.25) is 4.79 Å². The summed E-state index contributed by atoms with van der Waals surface area (Å²) in [5.74, 6) is -0.329. The van der Waals surface area contributed by atoms with Gasteiger partial charge in [0.1, 0.15) is 5.82 Å². The maximum Gasteiger partial charge on any atom is 0.416 e. The molecule has 176 valence electrons. The van der Waals surface area contributed by atoms with Crippen molar-refractivity contribution in [3.05, 3.63) is 34.6 Å². The Kier molecular flexibility index (Phi) is 5.32. The van der Waals surface area contributed by atoms with E-state index >= 15 is 0 Å². The molecule has 1 aromatic rings. The van der Waals surface area contributed by atoms with Crippen LogP contribution in [0, 0.1) is 23.1 Å². The molecule has 2 saturated heterocycles. The van der Waals surface area contributed by atoms with Crippen LogP contribution in [-0.4, -0.2) is 42.1 Å². The van der Waals surface area contributed by atoms with E-state index in [1.165, 1.54) is 0 Å². The number of fused-ring (bicyclic) bond motifs is 2. The first-order valence-corrected chi connectivity index (χ1v) is 11.6. The fraction of sp³-hybridized carbons (Fsp3) is 0.708. The minimum Gasteiger partial charge on any atom is -0.381 e. The van der Waals surface area contributed by atoms with Gasteiger partial charge >= 0.3 is 6.18 Å². The molecule has 0 aromatic heterocycles. The lowest BCUT2D eigenvalue weighted by Crippen LogP contribution is -2.46. The molecule has 1 amide bonds. The average Bonchev–Trinajstić information content (AvgIpc) is 3.25. The van der Waals surface area contributed by atoms with E-state index in [0.29, 0.717) is 23.6 Å². The summed E-state index contributed by atoms with van der Waals surface area (Å²) in [5.41, 5.74) is -0.880. The van der Waals surface area contributed by atoms with Crippen LogP contribution in [0.1, 0.15) is 56.2 Å². The van der Waals surface area contributed by atoms with E-state index in [2.05, 4.69) is 19.2 Å². The largest absolute Gasteiger partial charge is 0.416 e. The number of halogens is 4. The highest BCUT2D eigenvalue weighted by atomic mass is 19.4. The monoisotopic (exact) mass is 454 g/mol. The highest BCUT2D eigenvalue weighted by molar-refractivity contribution is 5.87. The van der Waals surface area contributed by atoms with Crippen molar-refractivity contribution in [3.8, 4) is 0 Å². The number of alkyl halides is 3. The molecule has 4 unspecified atom stereocenters. The van der Waals surface area contributed by atoms with Crippen LogP contribution in [0.4, 0.5) is 17.6 Å². The normalized spacial score (nSPS) is 37.1. The van der Waals surface area contributed by atoms with E-state index in [4.69, 9.17) is 4.74 Å². The van der Waals surface area contributed by atoms with Crippen LogP contribution in [0.2, 0.25) is 0 Å². The van der Waals surface area contributed by atoms with Crippen LogP contribution in [0.25, 0.3) is 0 Å². The zero-order valence-corrected chi connectivity index (χ0v) is 18.5. The van der Waals surface area contributed by atoms with Crippen molar-refractivity contribution in [2.24, 2.45) is 17.3 Å². The number of ether oxygens (including phenoxy) is 1. The van der Waals surface area contributed by atoms with Crippen LogP contribution in [0.15, 0.2) is 12.1 Å². The first-order chi connectivity index (χ1) is 15.1. The first kappa shape index (κ1) is 22.1. The van der Waals surface area contributed by atoms with Crippen LogP contribution in [-0.2, 0) is 28.7 Å². The number of hydrogen-bond donors (Lipinski definition) is 1. The molecule has 1 aliphatic carbocycles. The summed E-state index contributed by atoms with van der Waals surface area (Å²) in [6, 6.07) is 2.06. The van der Waals surface area contributed by atoms with Crippen LogP contribution in [0.5, 0.6) is 0 Å². The van der Waals surface area contributed by atoms with E-state index < -0.39 is 23.0 Å². The second kappa shape index (κ2) is 7.69. The zero-order valence-electron chi connectivity index (χ0n) is 18.5. The molecule has 1 N–H and O–H groups in total. The summed E-state index contributed by atoms with van der Waals surface area (Å²) in [5, 5.41) is 3.76. The van der Waals surface area contributed by atoms with E-state index in [-0.39, 0.29) is 42.4 Å². The Morgan fingerprint density at radius 3 is 2.72 bits per heavy atom. The SMILES string of the molecule is CC1COCCC1N[C@@H]1CC[C@@]2(C1)C(=O)N1Cc3cc(C(F)(F)F)cc(F)c3CC1C2C. The molecule has 0 bridgehead atoms. The Balaban J connectivity index is 1.36. The van der Waals surface area contributed by atoms with Gasteiger partial charge in [0.2, 0.25) is 5.91 Å². The summed E-state index contributed by atoms with van der Waals surface area (Å²) in [7, 11) is 0. The topological polar surface area (TPSA) is 41.6 Å². The smallest absolute Gasteiger partial charge is 0.381 e. The van der Waals surface area contributed by atoms with E-state index in [1.54, 1.807) is 4.90 Å². The number of carbonyl (C=O) groups excluding carboxylic acids is 1. The molecule has 3 heterocycles. The second-order valence-corrected chi connectivity index (χ2v) is 10.3. The first-order valence-electron chi connectivity index (χ1n) is 11.6. The van der Waals surface area contributed by atoms with Crippen molar-refractivity contribution >= 4 is 5.91 Å². The molecule has 4 aliphatic rings. The van der Waals surface area contributed by atoms with Crippen molar-refractivity contribution < 1.29 is 27.1 Å². The van der Waals surface area contributed by atoms with Gasteiger partial charge in [0.15, 0.2) is 0 Å². The summed E-state index contributed by atoms with van der Waals surface area (Å²) < 4.78 is 59.7. The standard InChI is InChI=1S/C24H30F4N2O2/c1-13-12-32-6-4-20(13)29-17-3-5-23(10-17)14(2)21-9-18-15(11-30(21)22(23)31)7-16(8-19(18)25)24(26,27)28/h7-8,13-14,17,20-21,29H,3-6,9-12H2,1-2H3/t13?,14?,17-,20?,21?,23+/m1/s1. The van der Waals surface area contributed by atoms with Crippen LogP contribution < -0.4 is 5.32 Å². The minimum atomic E-state index is -4.61. The van der Waals surface area contributed by atoms with Gasteiger partial charge in [-0.1, -0.05) is 13.8 Å². The maximum atomic E-state index is 14.6. The van der Waals surface area contributed by atoms with Crippen LogP contribution >= 0.6 is 0 Å². The third-order valence-electron chi connectivity index (χ3n) is 8.55. The molecule has 5 rings (SSSR count). The number of rotatable bonds is 2. The third-order valence-corrected chi connectivity index (χ3v) is 8.55. The Bertz CT molecular complexity index is 920. The van der Waals surface area contributed by atoms with E-state index in [9.17, 15) is 22.4 Å². The molecule has 8 heteroatoms. The lowest BCUT2D eigenvalue weighted by Gasteiger charge is -2.34. The van der Waals surface area contributed by atoms with Gasteiger partial charge in [-0.15, -0.1) is 0 Å². The molecule has 32 heavy (non-hydrogen) atoms. The molecular weight excluding hydrogens is 424 g/mol. The lowest BCUT2D eigenvalue weighted by atomic mass is 9.73. The Labute approximate surface area is 185 Å². The summed E-state index contributed by atoms with van der Waals surface area (Å²) in [4.78, 5) is 15.3. The van der Waals surface area contributed by atoms with Gasteiger partial charge in [-0.25, -0.2) is 4.39 Å². The number of nitrogens with one attached hydrogen (secondary N) is 1.